The van der Waals surface area contributed by atoms with Crippen LogP contribution in [-0.4, -0.2) is 19.1 Å². The fourth-order valence-electron chi connectivity index (χ4n) is 1.47. The molecular formula is C12H15NO4. The van der Waals surface area contributed by atoms with Gasteiger partial charge in [0.1, 0.15) is 11.5 Å². The molecule has 1 rings (SSSR count). The molecule has 0 aliphatic rings. The van der Waals surface area contributed by atoms with Crippen molar-refractivity contribution < 1.29 is 14.4 Å². The van der Waals surface area contributed by atoms with Crippen molar-refractivity contribution in [1.82, 2.24) is 0 Å². The topological polar surface area (TPSA) is 61.6 Å². The first kappa shape index (κ1) is 13.0. The highest BCUT2D eigenvalue weighted by atomic mass is 16.6. The molecule has 0 spiro atoms. The molecule has 0 unspecified atom stereocenters. The van der Waals surface area contributed by atoms with E-state index in [2.05, 4.69) is 0 Å². The van der Waals surface area contributed by atoms with E-state index >= 15 is 0 Å². The van der Waals surface area contributed by atoms with E-state index in [1.807, 2.05) is 19.1 Å². The van der Waals surface area contributed by atoms with Crippen LogP contribution in [0.1, 0.15) is 18.1 Å². The molecule has 1 aromatic carbocycles. The number of nitro groups is 1. The average molecular weight is 237 g/mol. The minimum atomic E-state index is -0.446. The number of ether oxygens (including phenoxy) is 2. The van der Waals surface area contributed by atoms with Gasteiger partial charge in [-0.05, 0) is 24.6 Å². The molecule has 1 aromatic rings. The molecule has 5 nitrogen and oxygen atoms in total. The summed E-state index contributed by atoms with van der Waals surface area (Å²) in [7, 11) is 3.04. The molecule has 0 bridgehead atoms. The molecule has 0 fully saturated rings. The molecule has 0 aliphatic heterocycles. The van der Waals surface area contributed by atoms with Gasteiger partial charge in [-0.2, -0.15) is 0 Å². The molecule has 0 atom stereocenters. The third-order valence-corrected chi connectivity index (χ3v) is 2.33. The van der Waals surface area contributed by atoms with Gasteiger partial charge in [0, 0.05) is 13.0 Å². The maximum Gasteiger partial charge on any atom is 0.244 e. The lowest BCUT2D eigenvalue weighted by molar-refractivity contribution is -0.422. The first-order chi connectivity index (χ1) is 7.99. The summed E-state index contributed by atoms with van der Waals surface area (Å²) in [6.45, 7) is 3.33. The predicted octanol–water partition coefficient (Wildman–Crippen LogP) is 2.65. The average Bonchev–Trinajstić information content (AvgIpc) is 2.30. The third-order valence-electron chi connectivity index (χ3n) is 2.33. The lowest BCUT2D eigenvalue weighted by Crippen LogP contribution is -1.97. The smallest absolute Gasteiger partial charge is 0.244 e. The standard InChI is InChI=1S/C12H15NO4/c1-8-5-11(16-3)10(12(6-8)17-4)7-9(2)13(14)15/h5-7H,1-4H3/b9-7+. The number of methoxy groups -OCH3 is 2. The molecular weight excluding hydrogens is 222 g/mol. The van der Waals surface area contributed by atoms with Crippen molar-refractivity contribution in [3.8, 4) is 11.5 Å². The van der Waals surface area contributed by atoms with Gasteiger partial charge in [-0.15, -0.1) is 0 Å². The van der Waals surface area contributed by atoms with Gasteiger partial charge >= 0.3 is 0 Å². The Hall–Kier alpha value is -2.04. The van der Waals surface area contributed by atoms with Crippen LogP contribution in [0.5, 0.6) is 11.5 Å². The third kappa shape index (κ3) is 2.96. The largest absolute Gasteiger partial charge is 0.496 e. The Morgan fingerprint density at radius 2 is 1.76 bits per heavy atom. The molecule has 0 amide bonds. The van der Waals surface area contributed by atoms with E-state index in [4.69, 9.17) is 9.47 Å². The fourth-order valence-corrected chi connectivity index (χ4v) is 1.47. The monoisotopic (exact) mass is 237 g/mol. The minimum Gasteiger partial charge on any atom is -0.496 e. The van der Waals surface area contributed by atoms with Crippen molar-refractivity contribution in [2.75, 3.05) is 14.2 Å². The van der Waals surface area contributed by atoms with E-state index in [9.17, 15) is 10.1 Å². The second-order valence-corrected chi connectivity index (χ2v) is 3.63. The summed E-state index contributed by atoms with van der Waals surface area (Å²) in [6.07, 6.45) is 1.44. The van der Waals surface area contributed by atoms with Gasteiger partial charge in [0.25, 0.3) is 0 Å². The number of nitrogens with zero attached hydrogens (tertiary/aromatic N) is 1. The summed E-state index contributed by atoms with van der Waals surface area (Å²) < 4.78 is 10.4. The van der Waals surface area contributed by atoms with Gasteiger partial charge in [-0.25, -0.2) is 0 Å². The van der Waals surface area contributed by atoms with Gasteiger partial charge < -0.3 is 9.47 Å². The zero-order chi connectivity index (χ0) is 13.0. The Balaban J connectivity index is 3.39. The van der Waals surface area contributed by atoms with Crippen LogP contribution in [0.4, 0.5) is 0 Å². The van der Waals surface area contributed by atoms with E-state index in [0.717, 1.165) is 5.56 Å². The van der Waals surface area contributed by atoms with Crippen LogP contribution in [0.15, 0.2) is 17.8 Å². The normalized spacial score (nSPS) is 11.2. The summed E-state index contributed by atoms with van der Waals surface area (Å²) >= 11 is 0. The van der Waals surface area contributed by atoms with Gasteiger partial charge in [-0.3, -0.25) is 10.1 Å². The lowest BCUT2D eigenvalue weighted by atomic mass is 10.1. The second kappa shape index (κ2) is 5.34. The van der Waals surface area contributed by atoms with Gasteiger partial charge in [0.15, 0.2) is 0 Å². The van der Waals surface area contributed by atoms with E-state index in [-0.39, 0.29) is 5.70 Å². The first-order valence-electron chi connectivity index (χ1n) is 5.05. The van der Waals surface area contributed by atoms with Crippen LogP contribution in [0, 0.1) is 17.0 Å². The Morgan fingerprint density at radius 1 is 1.29 bits per heavy atom. The Labute approximate surface area is 99.8 Å². The first-order valence-corrected chi connectivity index (χ1v) is 5.05. The van der Waals surface area contributed by atoms with Crippen molar-refractivity contribution in [3.05, 3.63) is 39.1 Å². The molecule has 17 heavy (non-hydrogen) atoms. The van der Waals surface area contributed by atoms with Crippen molar-refractivity contribution in [2.45, 2.75) is 13.8 Å². The van der Waals surface area contributed by atoms with Gasteiger partial charge in [-0.1, -0.05) is 0 Å². The molecule has 0 aliphatic carbocycles. The van der Waals surface area contributed by atoms with Crippen LogP contribution in [-0.2, 0) is 0 Å². The summed E-state index contributed by atoms with van der Waals surface area (Å²) in [5.41, 5.74) is 1.58. The zero-order valence-corrected chi connectivity index (χ0v) is 10.3. The van der Waals surface area contributed by atoms with Crippen molar-refractivity contribution >= 4 is 6.08 Å². The summed E-state index contributed by atoms with van der Waals surface area (Å²) in [6, 6.07) is 3.61. The van der Waals surface area contributed by atoms with E-state index in [0.29, 0.717) is 17.1 Å². The molecule has 0 saturated heterocycles. The maximum atomic E-state index is 10.6. The van der Waals surface area contributed by atoms with Crippen LogP contribution >= 0.6 is 0 Å². The SMILES string of the molecule is COc1cc(C)cc(OC)c1/C=C(\C)[N+](=O)[O-]. The zero-order valence-electron chi connectivity index (χ0n) is 10.3. The van der Waals surface area contributed by atoms with Crippen molar-refractivity contribution in [2.24, 2.45) is 0 Å². The number of aryl methyl sites for hydroxylation is 1. The Bertz CT molecular complexity index is 441. The van der Waals surface area contributed by atoms with Gasteiger partial charge in [0.05, 0.1) is 24.7 Å². The number of hydrogen-bond donors (Lipinski definition) is 0. The summed E-state index contributed by atoms with van der Waals surface area (Å²) in [5.74, 6) is 1.12. The van der Waals surface area contributed by atoms with E-state index in [1.165, 1.54) is 27.2 Å². The molecule has 0 N–H and O–H groups in total. The van der Waals surface area contributed by atoms with Gasteiger partial charge in [0.2, 0.25) is 5.70 Å². The highest BCUT2D eigenvalue weighted by Gasteiger charge is 2.12. The Kier molecular flexibility index (Phi) is 4.09. The highest BCUT2D eigenvalue weighted by molar-refractivity contribution is 5.66. The summed E-state index contributed by atoms with van der Waals surface area (Å²) in [4.78, 5) is 10.2. The van der Waals surface area contributed by atoms with Crippen molar-refractivity contribution in [3.63, 3.8) is 0 Å². The fraction of sp³-hybridized carbons (Fsp3) is 0.333. The molecule has 92 valence electrons. The predicted molar refractivity (Wildman–Crippen MR) is 64.9 cm³/mol. The molecule has 0 saturated carbocycles. The summed E-state index contributed by atoms with van der Waals surface area (Å²) in [5, 5.41) is 10.6. The molecule has 0 heterocycles. The maximum absolute atomic E-state index is 10.6. The number of benzene rings is 1. The van der Waals surface area contributed by atoms with Crippen molar-refractivity contribution in [1.29, 1.82) is 0 Å². The molecule has 5 heteroatoms. The van der Waals surface area contributed by atoms with Crippen LogP contribution in [0.2, 0.25) is 0 Å². The lowest BCUT2D eigenvalue weighted by Gasteiger charge is -2.11. The second-order valence-electron chi connectivity index (χ2n) is 3.63. The van der Waals surface area contributed by atoms with E-state index in [1.54, 1.807) is 0 Å². The van der Waals surface area contributed by atoms with Crippen LogP contribution < -0.4 is 9.47 Å². The number of hydrogen-bond acceptors (Lipinski definition) is 4. The number of allylic oxidation sites excluding steroid dienone is 1. The number of rotatable bonds is 4. The minimum absolute atomic E-state index is 0.0328. The molecule has 0 radical (unpaired) electrons. The molecule has 0 aromatic heterocycles. The quantitative estimate of drug-likeness (QED) is 0.596. The van der Waals surface area contributed by atoms with E-state index < -0.39 is 4.92 Å². The van der Waals surface area contributed by atoms with Crippen LogP contribution in [0.25, 0.3) is 6.08 Å². The highest BCUT2D eigenvalue weighted by Crippen LogP contribution is 2.32. The Morgan fingerprint density at radius 3 is 2.12 bits per heavy atom. The van der Waals surface area contributed by atoms with Crippen LogP contribution in [0.3, 0.4) is 0 Å².